The first-order valence-electron chi connectivity index (χ1n) is 9.84. The maximum absolute atomic E-state index is 15.3. The molecule has 0 saturated carbocycles. The van der Waals surface area contributed by atoms with E-state index in [1.54, 1.807) is 0 Å². The molecule has 174 valence electrons. The monoisotopic (exact) mass is 475 g/mol. The molecule has 0 aliphatic rings. The number of aromatic nitrogens is 2. The van der Waals surface area contributed by atoms with Crippen LogP contribution >= 0.6 is 0 Å². The van der Waals surface area contributed by atoms with Gasteiger partial charge < -0.3 is 10.3 Å². The molecule has 1 heterocycles. The Morgan fingerprint density at radius 3 is 2.35 bits per heavy atom. The van der Waals surface area contributed by atoms with Gasteiger partial charge in [0.05, 0.1) is 11.1 Å². The predicted octanol–water partition coefficient (Wildman–Crippen LogP) is 6.74. The van der Waals surface area contributed by atoms with Crippen molar-refractivity contribution < 1.29 is 31.1 Å². The number of aryl methyl sites for hydroxylation is 1. The lowest BCUT2D eigenvalue weighted by atomic mass is 10.0. The number of aromatic amines is 1. The third-order valence-corrected chi connectivity index (χ3v) is 5.04. The number of anilines is 1. The number of carbonyl (C=O) groups is 1. The zero-order valence-corrected chi connectivity index (χ0v) is 17.4. The molecule has 1 amide bonds. The molecule has 0 bridgehead atoms. The Kier molecular flexibility index (Phi) is 5.90. The van der Waals surface area contributed by atoms with E-state index in [1.165, 1.54) is 31.2 Å². The van der Waals surface area contributed by atoms with E-state index in [9.17, 15) is 26.7 Å². The van der Waals surface area contributed by atoms with Gasteiger partial charge in [-0.3, -0.25) is 4.79 Å². The Morgan fingerprint density at radius 2 is 1.65 bits per heavy atom. The minimum atomic E-state index is -4.60. The number of nitrogens with zero attached hydrogens (tertiary/aromatic N) is 1. The van der Waals surface area contributed by atoms with Crippen LogP contribution in [-0.4, -0.2) is 15.9 Å². The van der Waals surface area contributed by atoms with Gasteiger partial charge in [-0.2, -0.15) is 13.2 Å². The Hall–Kier alpha value is -4.08. The van der Waals surface area contributed by atoms with Gasteiger partial charge in [0, 0.05) is 22.5 Å². The first-order valence-corrected chi connectivity index (χ1v) is 9.84. The molecule has 1 aromatic heterocycles. The molecule has 0 saturated heterocycles. The van der Waals surface area contributed by atoms with Crippen molar-refractivity contribution in [2.24, 2.45) is 0 Å². The molecule has 0 aliphatic carbocycles. The summed E-state index contributed by atoms with van der Waals surface area (Å²) >= 11 is 0. The van der Waals surface area contributed by atoms with Crippen molar-refractivity contribution in [3.63, 3.8) is 0 Å². The number of alkyl halides is 3. The molecule has 0 spiro atoms. The van der Waals surface area contributed by atoms with E-state index in [1.807, 2.05) is 0 Å². The fraction of sp³-hybridized carbons (Fsp3) is 0.0833. The number of benzene rings is 3. The molecule has 0 atom stereocenters. The van der Waals surface area contributed by atoms with Crippen LogP contribution in [0.3, 0.4) is 0 Å². The number of carbonyl (C=O) groups excluding carboxylic acids is 1. The van der Waals surface area contributed by atoms with Crippen LogP contribution in [0.25, 0.3) is 22.5 Å². The lowest BCUT2D eigenvalue weighted by Crippen LogP contribution is -2.14. The van der Waals surface area contributed by atoms with Crippen LogP contribution in [0.15, 0.2) is 60.7 Å². The van der Waals surface area contributed by atoms with Crippen LogP contribution in [0.5, 0.6) is 0 Å². The molecular formula is C24H15F6N3O. The van der Waals surface area contributed by atoms with Crippen LogP contribution in [0.2, 0.25) is 0 Å². The smallest absolute Gasteiger partial charge is 0.341 e. The third kappa shape index (κ3) is 4.39. The summed E-state index contributed by atoms with van der Waals surface area (Å²) in [6.07, 6.45) is -4.60. The molecular weight excluding hydrogens is 460 g/mol. The number of imidazole rings is 1. The summed E-state index contributed by atoms with van der Waals surface area (Å²) < 4.78 is 82.7. The second-order valence-electron chi connectivity index (χ2n) is 7.36. The van der Waals surface area contributed by atoms with E-state index in [4.69, 9.17) is 0 Å². The predicted molar refractivity (Wildman–Crippen MR) is 113 cm³/mol. The van der Waals surface area contributed by atoms with Crippen molar-refractivity contribution >= 4 is 11.6 Å². The van der Waals surface area contributed by atoms with Gasteiger partial charge in [0.2, 0.25) is 0 Å². The number of nitrogens with one attached hydrogen (secondary N) is 2. The van der Waals surface area contributed by atoms with Crippen molar-refractivity contribution in [1.29, 1.82) is 0 Å². The van der Waals surface area contributed by atoms with E-state index in [0.29, 0.717) is 0 Å². The van der Waals surface area contributed by atoms with Crippen LogP contribution < -0.4 is 5.32 Å². The van der Waals surface area contributed by atoms with Crippen LogP contribution in [0.1, 0.15) is 21.7 Å². The molecule has 0 unspecified atom stereocenters. The highest BCUT2D eigenvalue weighted by Crippen LogP contribution is 2.34. The number of H-pyrrole nitrogens is 1. The number of halogens is 6. The van der Waals surface area contributed by atoms with Crippen LogP contribution in [-0.2, 0) is 6.18 Å². The van der Waals surface area contributed by atoms with E-state index in [0.717, 1.165) is 36.4 Å². The Labute approximate surface area is 189 Å². The second kappa shape index (κ2) is 8.69. The largest absolute Gasteiger partial charge is 0.416 e. The SMILES string of the molecule is Cc1[nH]c(-c2c(F)ccc(-c3ccccc3F)c2F)nc1C(=O)Nc1cccc(C(F)(F)F)c1. The molecule has 4 aromatic rings. The van der Waals surface area contributed by atoms with E-state index in [2.05, 4.69) is 15.3 Å². The first-order chi connectivity index (χ1) is 16.1. The fourth-order valence-corrected chi connectivity index (χ4v) is 3.42. The Bertz CT molecular complexity index is 1390. The molecule has 4 rings (SSSR count). The van der Waals surface area contributed by atoms with Crippen molar-refractivity contribution in [2.45, 2.75) is 13.1 Å². The van der Waals surface area contributed by atoms with Gasteiger partial charge in [0.25, 0.3) is 5.91 Å². The number of amides is 1. The van der Waals surface area contributed by atoms with Crippen molar-refractivity contribution in [3.8, 4) is 22.5 Å². The standard InChI is InChI=1S/C24H15F6N3O/c1-12-21(23(34)32-14-6-4-5-13(11-14)24(28,29)30)33-22(31-12)19-18(26)10-9-16(20(19)27)15-7-2-3-8-17(15)25/h2-11H,1H3,(H,31,33)(H,32,34). The minimum absolute atomic E-state index is 0.0907. The average Bonchev–Trinajstić information content (AvgIpc) is 3.15. The van der Waals surface area contributed by atoms with Gasteiger partial charge in [0.15, 0.2) is 0 Å². The third-order valence-electron chi connectivity index (χ3n) is 5.04. The topological polar surface area (TPSA) is 57.8 Å². The second-order valence-corrected chi connectivity index (χ2v) is 7.36. The highest BCUT2D eigenvalue weighted by molar-refractivity contribution is 6.04. The van der Waals surface area contributed by atoms with E-state index in [-0.39, 0.29) is 34.0 Å². The molecule has 4 nitrogen and oxygen atoms in total. The van der Waals surface area contributed by atoms with Gasteiger partial charge in [-0.1, -0.05) is 24.3 Å². The van der Waals surface area contributed by atoms with Crippen LogP contribution in [0.4, 0.5) is 32.0 Å². The van der Waals surface area contributed by atoms with Crippen molar-refractivity contribution in [3.05, 3.63) is 95.1 Å². The molecule has 2 N–H and O–H groups in total. The van der Waals surface area contributed by atoms with Crippen LogP contribution in [0, 0.1) is 24.4 Å². The first kappa shape index (κ1) is 23.1. The zero-order valence-electron chi connectivity index (χ0n) is 17.4. The summed E-state index contributed by atoms with van der Waals surface area (Å²) in [6, 6.07) is 11.4. The number of hydrogen-bond acceptors (Lipinski definition) is 2. The fourth-order valence-electron chi connectivity index (χ4n) is 3.42. The number of hydrogen-bond donors (Lipinski definition) is 2. The van der Waals surface area contributed by atoms with Gasteiger partial charge in [-0.25, -0.2) is 18.2 Å². The highest BCUT2D eigenvalue weighted by atomic mass is 19.4. The van der Waals surface area contributed by atoms with Crippen molar-refractivity contribution in [1.82, 2.24) is 9.97 Å². The summed E-state index contributed by atoms with van der Waals surface area (Å²) in [4.78, 5) is 19.2. The summed E-state index contributed by atoms with van der Waals surface area (Å²) in [5, 5.41) is 2.29. The summed E-state index contributed by atoms with van der Waals surface area (Å²) in [6.45, 7) is 1.41. The zero-order chi connectivity index (χ0) is 24.6. The summed E-state index contributed by atoms with van der Waals surface area (Å²) in [5.41, 5.74) is -2.16. The van der Waals surface area contributed by atoms with Gasteiger partial charge in [-0.05, 0) is 43.3 Å². The van der Waals surface area contributed by atoms with E-state index >= 15 is 4.39 Å². The number of rotatable bonds is 4. The lowest BCUT2D eigenvalue weighted by Gasteiger charge is -2.09. The Morgan fingerprint density at radius 1 is 0.912 bits per heavy atom. The highest BCUT2D eigenvalue weighted by Gasteiger charge is 2.30. The Balaban J connectivity index is 1.70. The molecule has 34 heavy (non-hydrogen) atoms. The van der Waals surface area contributed by atoms with Gasteiger partial charge in [-0.15, -0.1) is 0 Å². The summed E-state index contributed by atoms with van der Waals surface area (Å²) in [7, 11) is 0. The average molecular weight is 475 g/mol. The molecule has 3 aromatic carbocycles. The van der Waals surface area contributed by atoms with Crippen molar-refractivity contribution in [2.75, 3.05) is 5.32 Å². The molecule has 0 fully saturated rings. The van der Waals surface area contributed by atoms with E-state index < -0.39 is 40.7 Å². The van der Waals surface area contributed by atoms with Gasteiger partial charge in [0.1, 0.15) is 29.0 Å². The normalized spacial score (nSPS) is 11.5. The quantitative estimate of drug-likeness (QED) is 0.321. The lowest BCUT2D eigenvalue weighted by molar-refractivity contribution is -0.137. The molecule has 0 radical (unpaired) electrons. The summed E-state index contributed by atoms with van der Waals surface area (Å²) in [5.74, 6) is -4.03. The molecule has 10 heteroatoms. The maximum Gasteiger partial charge on any atom is 0.416 e. The maximum atomic E-state index is 15.3. The molecule has 0 aliphatic heterocycles. The minimum Gasteiger partial charge on any atom is -0.341 e. The van der Waals surface area contributed by atoms with Gasteiger partial charge >= 0.3 is 6.18 Å².